The first kappa shape index (κ1) is 15.9. The molecule has 0 aliphatic carbocycles. The summed E-state index contributed by atoms with van der Waals surface area (Å²) in [4.78, 5) is 12.2. The average molecular weight is 345 g/mol. The molecule has 3 N–H and O–H groups in total. The van der Waals surface area contributed by atoms with Gasteiger partial charge in [-0.05, 0) is 43.7 Å². The van der Waals surface area contributed by atoms with E-state index in [1.807, 2.05) is 35.7 Å². The van der Waals surface area contributed by atoms with Crippen molar-refractivity contribution in [2.45, 2.75) is 0 Å². The van der Waals surface area contributed by atoms with E-state index in [2.05, 4.69) is 34.3 Å². The first-order valence-electron chi connectivity index (χ1n) is 7.29. The van der Waals surface area contributed by atoms with Crippen LogP contribution < -0.4 is 11.1 Å². The third-order valence-electron chi connectivity index (χ3n) is 3.23. The number of thiophene rings is 1. The Balaban J connectivity index is 1.78. The fourth-order valence-corrected chi connectivity index (χ4v) is 3.62. The van der Waals surface area contributed by atoms with Crippen molar-refractivity contribution in [3.8, 4) is 0 Å². The van der Waals surface area contributed by atoms with Gasteiger partial charge in [0.1, 0.15) is 5.84 Å². The smallest absolute Gasteiger partial charge is 0.183 e. The zero-order chi connectivity index (χ0) is 16.2. The zero-order valence-corrected chi connectivity index (χ0v) is 14.7. The quantitative estimate of drug-likeness (QED) is 0.531. The summed E-state index contributed by atoms with van der Waals surface area (Å²) < 4.78 is 1.11. The summed E-state index contributed by atoms with van der Waals surface area (Å²) in [5.41, 5.74) is 7.88. The lowest BCUT2D eigenvalue weighted by atomic mass is 10.3. The van der Waals surface area contributed by atoms with Crippen molar-refractivity contribution in [2.24, 2.45) is 10.7 Å². The van der Waals surface area contributed by atoms with Gasteiger partial charge in [-0.25, -0.2) is 9.98 Å². The Bertz CT molecular complexity index is 805. The lowest BCUT2D eigenvalue weighted by Gasteiger charge is -2.08. The molecule has 0 bridgehead atoms. The van der Waals surface area contributed by atoms with Crippen LogP contribution in [0, 0.1) is 0 Å². The van der Waals surface area contributed by atoms with Crippen molar-refractivity contribution >= 4 is 49.5 Å². The number of rotatable bonds is 6. The van der Waals surface area contributed by atoms with Crippen LogP contribution in [-0.2, 0) is 0 Å². The van der Waals surface area contributed by atoms with Gasteiger partial charge in [0.15, 0.2) is 5.13 Å². The predicted octanol–water partition coefficient (Wildman–Crippen LogP) is 3.37. The lowest BCUT2D eigenvalue weighted by Crippen LogP contribution is -2.20. The molecular weight excluding hydrogens is 326 g/mol. The Kier molecular flexibility index (Phi) is 4.90. The zero-order valence-electron chi connectivity index (χ0n) is 13.1. The average Bonchev–Trinajstić information content (AvgIpc) is 3.15. The SMILES string of the molecule is CN(C)CCNc1nc2ccc(N=C(N)c3cccs3)cc2s1. The molecule has 3 aromatic rings. The van der Waals surface area contributed by atoms with Crippen molar-refractivity contribution in [3.05, 3.63) is 40.6 Å². The number of anilines is 1. The van der Waals surface area contributed by atoms with E-state index in [1.165, 1.54) is 0 Å². The number of nitrogens with one attached hydrogen (secondary N) is 1. The fraction of sp³-hybridized carbons (Fsp3) is 0.250. The largest absolute Gasteiger partial charge is 0.383 e. The molecule has 3 rings (SSSR count). The van der Waals surface area contributed by atoms with Gasteiger partial charge < -0.3 is 16.0 Å². The van der Waals surface area contributed by atoms with E-state index in [0.29, 0.717) is 5.84 Å². The van der Waals surface area contributed by atoms with Crippen molar-refractivity contribution in [3.63, 3.8) is 0 Å². The van der Waals surface area contributed by atoms with E-state index < -0.39 is 0 Å². The van der Waals surface area contributed by atoms with Gasteiger partial charge in [0, 0.05) is 13.1 Å². The molecule has 0 fully saturated rings. The van der Waals surface area contributed by atoms with Gasteiger partial charge in [0.25, 0.3) is 0 Å². The highest BCUT2D eigenvalue weighted by molar-refractivity contribution is 7.22. The fourth-order valence-electron chi connectivity index (χ4n) is 2.06. The number of aromatic nitrogens is 1. The molecule has 1 aromatic carbocycles. The lowest BCUT2D eigenvalue weighted by molar-refractivity contribution is 0.425. The highest BCUT2D eigenvalue weighted by Crippen LogP contribution is 2.29. The summed E-state index contributed by atoms with van der Waals surface area (Å²) in [5, 5.41) is 6.29. The maximum Gasteiger partial charge on any atom is 0.183 e. The minimum Gasteiger partial charge on any atom is -0.383 e. The maximum atomic E-state index is 6.05. The second-order valence-electron chi connectivity index (χ2n) is 5.38. The van der Waals surface area contributed by atoms with Crippen LogP contribution in [0.2, 0.25) is 0 Å². The van der Waals surface area contributed by atoms with Crippen LogP contribution in [0.3, 0.4) is 0 Å². The van der Waals surface area contributed by atoms with Crippen LogP contribution in [0.4, 0.5) is 10.8 Å². The Hall–Kier alpha value is -1.96. The minimum atomic E-state index is 0.549. The molecule has 0 amide bonds. The molecule has 0 spiro atoms. The third-order valence-corrected chi connectivity index (χ3v) is 5.10. The van der Waals surface area contributed by atoms with Crippen LogP contribution in [-0.4, -0.2) is 42.9 Å². The molecule has 0 aliphatic heterocycles. The summed E-state index contributed by atoms with van der Waals surface area (Å²) in [6.07, 6.45) is 0. The van der Waals surface area contributed by atoms with Crippen molar-refractivity contribution < 1.29 is 0 Å². The van der Waals surface area contributed by atoms with E-state index in [1.54, 1.807) is 22.7 Å². The number of likely N-dealkylation sites (N-methyl/N-ethyl adjacent to an activating group) is 1. The van der Waals surface area contributed by atoms with Crippen LogP contribution in [0.1, 0.15) is 4.88 Å². The second-order valence-corrected chi connectivity index (χ2v) is 7.35. The molecule has 120 valence electrons. The van der Waals surface area contributed by atoms with Crippen molar-refractivity contribution in [1.29, 1.82) is 0 Å². The molecule has 2 aromatic heterocycles. The van der Waals surface area contributed by atoms with E-state index in [-0.39, 0.29) is 0 Å². The number of hydrogen-bond acceptors (Lipinski definition) is 6. The standard InChI is InChI=1S/C16H19N5S2/c1-21(2)8-7-18-16-20-12-6-5-11(10-14(12)23-16)19-15(17)13-4-3-9-22-13/h3-6,9-10H,7-8H2,1-2H3,(H2,17,19)(H,18,20). The van der Waals surface area contributed by atoms with Crippen LogP contribution in [0.5, 0.6) is 0 Å². The molecule has 0 radical (unpaired) electrons. The molecule has 7 heteroatoms. The van der Waals surface area contributed by atoms with Crippen molar-refractivity contribution in [2.75, 3.05) is 32.5 Å². The van der Waals surface area contributed by atoms with E-state index in [0.717, 1.165) is 39.0 Å². The number of thiazole rings is 1. The molecule has 0 unspecified atom stereocenters. The van der Waals surface area contributed by atoms with Gasteiger partial charge in [-0.3, -0.25) is 0 Å². The molecule has 0 atom stereocenters. The van der Waals surface area contributed by atoms with Gasteiger partial charge in [-0.1, -0.05) is 17.4 Å². The Labute approximate surface area is 143 Å². The summed E-state index contributed by atoms with van der Waals surface area (Å²) in [5.74, 6) is 0.549. The predicted molar refractivity (Wildman–Crippen MR) is 101 cm³/mol. The summed E-state index contributed by atoms with van der Waals surface area (Å²) in [6.45, 7) is 1.85. The van der Waals surface area contributed by atoms with Gasteiger partial charge in [0.05, 0.1) is 20.8 Å². The van der Waals surface area contributed by atoms with Gasteiger partial charge in [-0.15, -0.1) is 11.3 Å². The number of hydrogen-bond donors (Lipinski definition) is 2. The highest BCUT2D eigenvalue weighted by atomic mass is 32.1. The molecule has 23 heavy (non-hydrogen) atoms. The number of benzene rings is 1. The summed E-state index contributed by atoms with van der Waals surface area (Å²) in [7, 11) is 4.12. The number of fused-ring (bicyclic) bond motifs is 1. The van der Waals surface area contributed by atoms with Gasteiger partial charge in [-0.2, -0.15) is 0 Å². The normalized spacial score (nSPS) is 12.2. The van der Waals surface area contributed by atoms with Crippen molar-refractivity contribution in [1.82, 2.24) is 9.88 Å². The highest BCUT2D eigenvalue weighted by Gasteiger charge is 2.05. The summed E-state index contributed by atoms with van der Waals surface area (Å²) >= 11 is 3.23. The first-order chi connectivity index (χ1) is 11.1. The van der Waals surface area contributed by atoms with Gasteiger partial charge >= 0.3 is 0 Å². The maximum absolute atomic E-state index is 6.05. The Morgan fingerprint density at radius 3 is 2.96 bits per heavy atom. The van der Waals surface area contributed by atoms with Crippen LogP contribution in [0.25, 0.3) is 10.2 Å². The Morgan fingerprint density at radius 1 is 1.35 bits per heavy atom. The van der Waals surface area contributed by atoms with Gasteiger partial charge in [0.2, 0.25) is 0 Å². The molecule has 0 saturated carbocycles. The second kappa shape index (κ2) is 7.08. The van der Waals surface area contributed by atoms with E-state index in [4.69, 9.17) is 5.73 Å². The minimum absolute atomic E-state index is 0.549. The van der Waals surface area contributed by atoms with Crippen LogP contribution >= 0.6 is 22.7 Å². The van der Waals surface area contributed by atoms with Crippen LogP contribution in [0.15, 0.2) is 40.7 Å². The summed E-state index contributed by atoms with van der Waals surface area (Å²) in [6, 6.07) is 9.92. The molecule has 0 saturated heterocycles. The number of nitrogens with two attached hydrogens (primary N) is 1. The monoisotopic (exact) mass is 345 g/mol. The third kappa shape index (κ3) is 4.07. The Morgan fingerprint density at radius 2 is 2.22 bits per heavy atom. The molecule has 5 nitrogen and oxygen atoms in total. The van der Waals surface area contributed by atoms with E-state index >= 15 is 0 Å². The molecule has 2 heterocycles. The first-order valence-corrected chi connectivity index (χ1v) is 8.98. The molecule has 0 aliphatic rings. The number of amidine groups is 1. The van der Waals surface area contributed by atoms with E-state index in [9.17, 15) is 0 Å². The topological polar surface area (TPSA) is 66.5 Å². The number of nitrogens with zero attached hydrogens (tertiary/aromatic N) is 3. The molecular formula is C16H19N5S2. The number of aliphatic imine (C=N–C) groups is 1.